The average molecular weight is 168 g/mol. The molecule has 0 aromatic heterocycles. The number of allylic oxidation sites excluding steroid dienone is 1. The highest BCUT2D eigenvalue weighted by Gasteiger charge is 2.26. The molecule has 0 fully saturated rings. The van der Waals surface area contributed by atoms with Crippen LogP contribution in [0.1, 0.15) is 12.8 Å². The molecule has 0 atom stereocenters. The van der Waals surface area contributed by atoms with E-state index in [-0.39, 0.29) is 6.42 Å². The van der Waals surface area contributed by atoms with Gasteiger partial charge in [0.15, 0.2) is 0 Å². The van der Waals surface area contributed by atoms with E-state index in [2.05, 4.69) is 6.58 Å². The van der Waals surface area contributed by atoms with Gasteiger partial charge >= 0.3 is 6.18 Å². The van der Waals surface area contributed by atoms with Crippen molar-refractivity contribution in [3.63, 3.8) is 0 Å². The highest BCUT2D eigenvalue weighted by atomic mass is 28.1. The van der Waals surface area contributed by atoms with E-state index in [4.69, 9.17) is 0 Å². The molecule has 0 radical (unpaired) electrons. The van der Waals surface area contributed by atoms with Gasteiger partial charge in [-0.1, -0.05) is 5.57 Å². The van der Waals surface area contributed by atoms with Crippen LogP contribution >= 0.6 is 0 Å². The highest BCUT2D eigenvalue weighted by Crippen LogP contribution is 2.23. The second kappa shape index (κ2) is 3.80. The Labute approximate surface area is 61.5 Å². The number of alkyl halides is 3. The molecule has 0 saturated heterocycles. The van der Waals surface area contributed by atoms with Gasteiger partial charge < -0.3 is 0 Å². The molecule has 0 heterocycles. The molecule has 0 nitrogen and oxygen atoms in total. The van der Waals surface area contributed by atoms with Gasteiger partial charge in [-0.3, -0.25) is 0 Å². The fraction of sp³-hybridized carbons (Fsp3) is 0.667. The zero-order valence-corrected chi connectivity index (χ0v) is 7.96. The molecule has 60 valence electrons. The average Bonchev–Trinajstić information content (AvgIpc) is 1.81. The van der Waals surface area contributed by atoms with E-state index in [1.165, 1.54) is 0 Å². The second-order valence-electron chi connectivity index (χ2n) is 2.22. The molecule has 0 aliphatic heterocycles. The van der Waals surface area contributed by atoms with Gasteiger partial charge in [0, 0.05) is 16.7 Å². The first-order valence-electron chi connectivity index (χ1n) is 3.19. The summed E-state index contributed by atoms with van der Waals surface area (Å²) < 4.78 is 34.6. The molecule has 0 saturated carbocycles. The van der Waals surface area contributed by atoms with Crippen LogP contribution in [-0.2, 0) is 0 Å². The van der Waals surface area contributed by atoms with Crippen LogP contribution in [0.4, 0.5) is 13.2 Å². The van der Waals surface area contributed by atoms with Crippen molar-refractivity contribution in [1.82, 2.24) is 0 Å². The van der Waals surface area contributed by atoms with Gasteiger partial charge in [-0.25, -0.2) is 0 Å². The van der Waals surface area contributed by atoms with Crippen LogP contribution in [0, 0.1) is 0 Å². The third kappa shape index (κ3) is 5.88. The minimum atomic E-state index is -4.01. The molecule has 0 aliphatic rings. The van der Waals surface area contributed by atoms with Crippen LogP contribution in [0.5, 0.6) is 0 Å². The lowest BCUT2D eigenvalue weighted by molar-refractivity contribution is -0.133. The highest BCUT2D eigenvalue weighted by molar-refractivity contribution is 6.10. The summed E-state index contributed by atoms with van der Waals surface area (Å²) in [4.78, 5) is 0. The zero-order valence-electron chi connectivity index (χ0n) is 5.96. The van der Waals surface area contributed by atoms with Crippen molar-refractivity contribution in [2.75, 3.05) is 0 Å². The molecule has 4 heteroatoms. The zero-order chi connectivity index (χ0) is 8.20. The van der Waals surface area contributed by atoms with E-state index in [0.29, 0.717) is 0 Å². The Hall–Kier alpha value is -0.253. The van der Waals surface area contributed by atoms with Crippen LogP contribution in [-0.4, -0.2) is 16.4 Å². The molecule has 0 unspecified atom stereocenters. The van der Waals surface area contributed by atoms with Crippen molar-refractivity contribution >= 4 is 10.2 Å². The number of halogens is 3. The first-order valence-corrected chi connectivity index (χ1v) is 4.60. The van der Waals surface area contributed by atoms with E-state index >= 15 is 0 Å². The smallest absolute Gasteiger partial charge is 0.171 e. The third-order valence-corrected chi connectivity index (χ3v) is 2.26. The lowest BCUT2D eigenvalue weighted by atomic mass is 10.2. The summed E-state index contributed by atoms with van der Waals surface area (Å²) in [7, 11) is 0.907. The fourth-order valence-corrected chi connectivity index (χ4v) is 0.849. The first kappa shape index (κ1) is 9.75. The van der Waals surface area contributed by atoms with Crippen molar-refractivity contribution in [1.29, 1.82) is 0 Å². The lowest BCUT2D eigenvalue weighted by Gasteiger charge is -2.05. The van der Waals surface area contributed by atoms with E-state index in [1.54, 1.807) is 0 Å². The quantitative estimate of drug-likeness (QED) is 0.444. The summed E-state index contributed by atoms with van der Waals surface area (Å²) in [6.07, 6.45) is -4.62. The molecule has 10 heavy (non-hydrogen) atoms. The minimum Gasteiger partial charge on any atom is -0.171 e. The van der Waals surface area contributed by atoms with E-state index in [1.807, 2.05) is 0 Å². The van der Waals surface area contributed by atoms with Crippen LogP contribution in [0.3, 0.4) is 0 Å². The van der Waals surface area contributed by atoms with Gasteiger partial charge in [0.25, 0.3) is 0 Å². The predicted molar refractivity (Wildman–Crippen MR) is 39.2 cm³/mol. The molecule has 0 rings (SSSR count). The summed E-state index contributed by atoms with van der Waals surface area (Å²) in [5.74, 6) is 0. The largest absolute Gasteiger partial charge is 0.389 e. The van der Waals surface area contributed by atoms with Crippen LogP contribution in [0.25, 0.3) is 0 Å². The van der Waals surface area contributed by atoms with Crippen molar-refractivity contribution < 1.29 is 13.2 Å². The molecule has 0 aliphatic carbocycles. The van der Waals surface area contributed by atoms with Gasteiger partial charge in [0.1, 0.15) is 0 Å². The molecular weight excluding hydrogens is 157 g/mol. The summed E-state index contributed by atoms with van der Waals surface area (Å²) >= 11 is 0. The fourth-order valence-electron chi connectivity index (χ4n) is 0.495. The van der Waals surface area contributed by atoms with Crippen molar-refractivity contribution in [3.05, 3.63) is 12.2 Å². The maximum absolute atomic E-state index is 11.5. The Balaban J connectivity index is 3.46. The van der Waals surface area contributed by atoms with Crippen molar-refractivity contribution in [2.24, 2.45) is 0 Å². The minimum absolute atomic E-state index is 0.104. The Bertz CT molecular complexity index is 117. The summed E-state index contributed by atoms with van der Waals surface area (Å²) in [6.45, 7) is 3.51. The number of rotatable bonds is 3. The Kier molecular flexibility index (Phi) is 3.71. The van der Waals surface area contributed by atoms with Crippen molar-refractivity contribution in [3.8, 4) is 0 Å². The van der Waals surface area contributed by atoms with Gasteiger partial charge in [0.2, 0.25) is 0 Å². The maximum Gasteiger partial charge on any atom is 0.389 e. The van der Waals surface area contributed by atoms with Gasteiger partial charge in [-0.2, -0.15) is 13.2 Å². The molecule has 0 bridgehead atoms. The van der Waals surface area contributed by atoms with Gasteiger partial charge in [-0.15, -0.1) is 6.58 Å². The molecule has 0 amide bonds. The summed E-state index contributed by atoms with van der Waals surface area (Å²) in [5, 5.41) is 0. The summed E-state index contributed by atoms with van der Waals surface area (Å²) in [5.41, 5.74) is 0.726. The van der Waals surface area contributed by atoms with Crippen LogP contribution < -0.4 is 0 Å². The van der Waals surface area contributed by atoms with Crippen molar-refractivity contribution in [2.45, 2.75) is 25.1 Å². The number of hydrogen-bond acceptors (Lipinski definition) is 0. The normalized spacial score (nSPS) is 11.9. The van der Waals surface area contributed by atoms with E-state index in [0.717, 1.165) is 21.9 Å². The topological polar surface area (TPSA) is 0 Å². The number of hydrogen-bond donors (Lipinski definition) is 0. The molecular formula is C6H11F3Si. The van der Waals surface area contributed by atoms with Crippen LogP contribution in [0.15, 0.2) is 12.2 Å². The Morgan fingerprint density at radius 1 is 1.40 bits per heavy atom. The predicted octanol–water partition coefficient (Wildman–Crippen LogP) is 1.67. The summed E-state index contributed by atoms with van der Waals surface area (Å²) in [6, 6.07) is 0.774. The molecule has 0 spiro atoms. The molecule has 0 N–H and O–H groups in total. The van der Waals surface area contributed by atoms with Crippen LogP contribution in [0.2, 0.25) is 6.04 Å². The first-order chi connectivity index (χ1) is 4.45. The monoisotopic (exact) mass is 168 g/mol. The Morgan fingerprint density at radius 3 is 2.20 bits per heavy atom. The third-order valence-electron chi connectivity index (χ3n) is 1.26. The van der Waals surface area contributed by atoms with E-state index < -0.39 is 12.6 Å². The van der Waals surface area contributed by atoms with Gasteiger partial charge in [-0.05, 0) is 12.5 Å². The second-order valence-corrected chi connectivity index (χ2v) is 2.93. The molecule has 0 aromatic rings. The lowest BCUT2D eigenvalue weighted by Crippen LogP contribution is -2.06. The Morgan fingerprint density at radius 2 is 1.90 bits per heavy atom. The van der Waals surface area contributed by atoms with E-state index in [9.17, 15) is 13.2 Å². The molecule has 0 aromatic carbocycles. The maximum atomic E-state index is 11.5. The SMILES string of the molecule is C=C(C[SiH3])CCC(F)(F)F. The standard InChI is InChI=1S/C6H11F3Si/c1-5(4-10)2-3-6(7,8)9/h1-4H2,10H3. The van der Waals surface area contributed by atoms with Gasteiger partial charge in [0.05, 0.1) is 0 Å².